The molecule has 0 unspecified atom stereocenters. The Bertz CT molecular complexity index is 1020. The molecule has 1 heterocycles. The van der Waals surface area contributed by atoms with Crippen LogP contribution in [0.5, 0.6) is 5.75 Å². The molecule has 1 amide bonds. The molecule has 0 saturated heterocycles. The third-order valence-electron chi connectivity index (χ3n) is 4.10. The summed E-state index contributed by atoms with van der Waals surface area (Å²) in [6, 6.07) is 6.36. The fraction of sp³-hybridized carbons (Fsp3) is 0.211. The van der Waals surface area contributed by atoms with Crippen molar-refractivity contribution in [2.75, 3.05) is 19.4 Å². The molecule has 0 spiro atoms. The van der Waals surface area contributed by atoms with Crippen molar-refractivity contribution in [2.45, 2.75) is 13.3 Å². The zero-order valence-electron chi connectivity index (χ0n) is 14.8. The van der Waals surface area contributed by atoms with Crippen molar-refractivity contribution < 1.29 is 18.3 Å². The molecule has 140 valence electrons. The lowest BCUT2D eigenvalue weighted by molar-refractivity contribution is 0.0949. The van der Waals surface area contributed by atoms with Gasteiger partial charge in [-0.1, -0.05) is 6.92 Å². The van der Waals surface area contributed by atoms with Crippen molar-refractivity contribution in [3.63, 3.8) is 0 Å². The zero-order valence-corrected chi connectivity index (χ0v) is 14.8. The van der Waals surface area contributed by atoms with E-state index in [9.17, 15) is 13.6 Å². The number of fused-ring (bicyclic) bond motifs is 1. The molecule has 0 bridgehead atoms. The molecule has 0 aliphatic rings. The largest absolute Gasteiger partial charge is 0.496 e. The number of nitrogen functional groups attached to an aromatic ring is 1. The van der Waals surface area contributed by atoms with Crippen LogP contribution >= 0.6 is 0 Å². The molecule has 1 aromatic heterocycles. The summed E-state index contributed by atoms with van der Waals surface area (Å²) < 4.78 is 33.6. The van der Waals surface area contributed by atoms with Crippen LogP contribution in [-0.4, -0.2) is 29.8 Å². The Balaban J connectivity index is 2.24. The minimum Gasteiger partial charge on any atom is -0.496 e. The molecule has 3 N–H and O–H groups in total. The Morgan fingerprint density at radius 3 is 2.70 bits per heavy atom. The van der Waals surface area contributed by atoms with Crippen molar-refractivity contribution in [3.8, 4) is 16.9 Å². The van der Waals surface area contributed by atoms with Crippen LogP contribution < -0.4 is 15.8 Å². The van der Waals surface area contributed by atoms with Crippen molar-refractivity contribution in [2.24, 2.45) is 0 Å². The highest BCUT2D eigenvalue weighted by atomic mass is 19.1. The van der Waals surface area contributed by atoms with Gasteiger partial charge in [0.25, 0.3) is 5.91 Å². The van der Waals surface area contributed by atoms with Gasteiger partial charge in [0.1, 0.15) is 22.9 Å². The number of anilines is 1. The molecule has 0 radical (unpaired) electrons. The zero-order chi connectivity index (χ0) is 19.6. The topological polar surface area (TPSA) is 90.1 Å². The summed E-state index contributed by atoms with van der Waals surface area (Å²) in [6.45, 7) is 2.38. The Morgan fingerprint density at radius 2 is 2.00 bits per heavy atom. The molecule has 0 aliphatic carbocycles. The van der Waals surface area contributed by atoms with Gasteiger partial charge in [0, 0.05) is 23.1 Å². The summed E-state index contributed by atoms with van der Waals surface area (Å²) in [5.41, 5.74) is 6.43. The molecule has 3 rings (SSSR count). The molecule has 3 aromatic rings. The predicted molar refractivity (Wildman–Crippen MR) is 98.5 cm³/mol. The Labute approximate surface area is 154 Å². The van der Waals surface area contributed by atoms with Crippen LogP contribution in [0.15, 0.2) is 30.3 Å². The standard InChI is InChI=1S/C19H18F2N4O2/c1-3-8-23-19(26)18-16(22)11-5-6-13(21)15(17(11)24-25-18)12-9-10(20)4-7-14(12)27-2/h4-7,9H,3,8H2,1-2H3,(H2,22,24)(H,23,26). The van der Waals surface area contributed by atoms with Crippen LogP contribution in [-0.2, 0) is 0 Å². The van der Waals surface area contributed by atoms with Gasteiger partial charge in [-0.25, -0.2) is 8.78 Å². The summed E-state index contributed by atoms with van der Waals surface area (Å²) in [4.78, 5) is 12.2. The van der Waals surface area contributed by atoms with Gasteiger partial charge in [0.05, 0.1) is 12.8 Å². The fourth-order valence-electron chi connectivity index (χ4n) is 2.79. The number of rotatable bonds is 5. The number of nitrogens with one attached hydrogen (secondary N) is 1. The van der Waals surface area contributed by atoms with Crippen LogP contribution in [0.3, 0.4) is 0 Å². The molecule has 0 saturated carbocycles. The molecular formula is C19H18F2N4O2. The summed E-state index contributed by atoms with van der Waals surface area (Å²) >= 11 is 0. The minimum atomic E-state index is -0.636. The smallest absolute Gasteiger partial charge is 0.273 e. The Kier molecular flexibility index (Phi) is 5.16. The van der Waals surface area contributed by atoms with E-state index >= 15 is 0 Å². The summed E-state index contributed by atoms with van der Waals surface area (Å²) in [6.07, 6.45) is 0.751. The van der Waals surface area contributed by atoms with Gasteiger partial charge in [0.2, 0.25) is 0 Å². The quantitative estimate of drug-likeness (QED) is 0.717. The van der Waals surface area contributed by atoms with Crippen LogP contribution in [0.25, 0.3) is 22.0 Å². The second-order valence-electron chi connectivity index (χ2n) is 5.88. The predicted octanol–water partition coefficient (Wildman–Crippen LogP) is 3.31. The number of halogens is 2. The number of amides is 1. The number of hydrogen-bond acceptors (Lipinski definition) is 5. The van der Waals surface area contributed by atoms with Gasteiger partial charge >= 0.3 is 0 Å². The van der Waals surface area contributed by atoms with Gasteiger partial charge in [-0.15, -0.1) is 10.2 Å². The van der Waals surface area contributed by atoms with E-state index in [0.717, 1.165) is 12.5 Å². The first-order valence-electron chi connectivity index (χ1n) is 8.34. The van der Waals surface area contributed by atoms with Crippen molar-refractivity contribution in [1.29, 1.82) is 0 Å². The number of benzene rings is 2. The van der Waals surface area contributed by atoms with Crippen LogP contribution in [0, 0.1) is 11.6 Å². The number of carbonyl (C=O) groups is 1. The first kappa shape index (κ1) is 18.5. The summed E-state index contributed by atoms with van der Waals surface area (Å²) in [5.74, 6) is -1.38. The number of methoxy groups -OCH3 is 1. The maximum atomic E-state index is 14.6. The highest BCUT2D eigenvalue weighted by Crippen LogP contribution is 2.38. The van der Waals surface area contributed by atoms with E-state index in [-0.39, 0.29) is 33.8 Å². The van der Waals surface area contributed by atoms with Gasteiger partial charge in [-0.05, 0) is 36.8 Å². The van der Waals surface area contributed by atoms with Crippen molar-refractivity contribution in [1.82, 2.24) is 15.5 Å². The third-order valence-corrected chi connectivity index (χ3v) is 4.10. The van der Waals surface area contributed by atoms with Crippen molar-refractivity contribution >= 4 is 22.5 Å². The lowest BCUT2D eigenvalue weighted by Gasteiger charge is -2.13. The summed E-state index contributed by atoms with van der Waals surface area (Å²) in [5, 5.41) is 10.9. The SMILES string of the molecule is CCCNC(=O)c1nnc2c(-c3cc(F)ccc3OC)c(F)ccc2c1N. The van der Waals surface area contributed by atoms with Crippen LogP contribution in [0.2, 0.25) is 0 Å². The molecule has 6 nitrogen and oxygen atoms in total. The molecule has 0 atom stereocenters. The highest BCUT2D eigenvalue weighted by molar-refractivity contribution is 6.07. The Morgan fingerprint density at radius 1 is 1.22 bits per heavy atom. The number of ether oxygens (including phenoxy) is 1. The lowest BCUT2D eigenvalue weighted by atomic mass is 9.99. The second-order valence-corrected chi connectivity index (χ2v) is 5.88. The summed E-state index contributed by atoms with van der Waals surface area (Å²) in [7, 11) is 1.40. The fourth-order valence-corrected chi connectivity index (χ4v) is 2.79. The molecular weight excluding hydrogens is 354 g/mol. The normalized spacial score (nSPS) is 10.8. The van der Waals surface area contributed by atoms with Crippen molar-refractivity contribution in [3.05, 3.63) is 47.7 Å². The molecule has 8 heteroatoms. The number of hydrogen-bond donors (Lipinski definition) is 2. The van der Waals surface area contributed by atoms with E-state index in [4.69, 9.17) is 10.5 Å². The maximum Gasteiger partial charge on any atom is 0.273 e. The third kappa shape index (κ3) is 3.38. The number of aromatic nitrogens is 2. The second kappa shape index (κ2) is 7.53. The van der Waals surface area contributed by atoms with E-state index in [1.807, 2.05) is 6.92 Å². The van der Waals surface area contributed by atoms with Gasteiger partial charge < -0.3 is 15.8 Å². The lowest BCUT2D eigenvalue weighted by Crippen LogP contribution is -2.26. The molecule has 2 aromatic carbocycles. The molecule has 0 fully saturated rings. The first-order valence-corrected chi connectivity index (χ1v) is 8.34. The Hall–Kier alpha value is -3.29. The van der Waals surface area contributed by atoms with E-state index in [1.54, 1.807) is 0 Å². The monoisotopic (exact) mass is 372 g/mol. The van der Waals surface area contributed by atoms with Gasteiger partial charge in [0.15, 0.2) is 5.69 Å². The van der Waals surface area contributed by atoms with Gasteiger partial charge in [-0.2, -0.15) is 0 Å². The number of nitrogens with zero attached hydrogens (tertiary/aromatic N) is 2. The van der Waals surface area contributed by atoms with Crippen LogP contribution in [0.4, 0.5) is 14.5 Å². The van der Waals surface area contributed by atoms with E-state index in [1.165, 1.54) is 31.4 Å². The minimum absolute atomic E-state index is 0.00330. The number of carbonyl (C=O) groups excluding carboxylic acids is 1. The molecule has 27 heavy (non-hydrogen) atoms. The molecule has 0 aliphatic heterocycles. The first-order chi connectivity index (χ1) is 13.0. The van der Waals surface area contributed by atoms with Crippen LogP contribution in [0.1, 0.15) is 23.8 Å². The van der Waals surface area contributed by atoms with E-state index in [0.29, 0.717) is 11.9 Å². The highest BCUT2D eigenvalue weighted by Gasteiger charge is 2.21. The maximum absolute atomic E-state index is 14.6. The average molecular weight is 372 g/mol. The number of nitrogens with two attached hydrogens (primary N) is 1. The average Bonchev–Trinajstić information content (AvgIpc) is 2.66. The van der Waals surface area contributed by atoms with E-state index in [2.05, 4.69) is 15.5 Å². The van der Waals surface area contributed by atoms with E-state index < -0.39 is 17.5 Å². The van der Waals surface area contributed by atoms with Gasteiger partial charge in [-0.3, -0.25) is 4.79 Å².